The molecule has 17 heteroatoms. The van der Waals surface area contributed by atoms with Crippen LogP contribution in [0.4, 0.5) is 26.3 Å². The Morgan fingerprint density at radius 3 is 2.29 bits per heavy atom. The second kappa shape index (κ2) is 16.8. The van der Waals surface area contributed by atoms with Gasteiger partial charge in [-0.2, -0.15) is 31.6 Å². The molecule has 2 saturated heterocycles. The van der Waals surface area contributed by atoms with E-state index >= 15 is 4.79 Å². The van der Waals surface area contributed by atoms with Crippen LogP contribution in [0.5, 0.6) is 10.8 Å². The van der Waals surface area contributed by atoms with E-state index in [1.54, 1.807) is 31.2 Å². The van der Waals surface area contributed by atoms with Gasteiger partial charge in [-0.1, -0.05) is 49.3 Å². The highest BCUT2D eigenvalue weighted by Gasteiger charge is 2.57. The molecule has 58 heavy (non-hydrogen) atoms. The van der Waals surface area contributed by atoms with Gasteiger partial charge in [-0.05, 0) is 75.6 Å². The van der Waals surface area contributed by atoms with Crippen LogP contribution in [0.1, 0.15) is 104 Å². The topological polar surface area (TPSA) is 133 Å². The van der Waals surface area contributed by atoms with Gasteiger partial charge >= 0.3 is 18.3 Å². The van der Waals surface area contributed by atoms with E-state index < -0.39 is 68.6 Å². The van der Waals surface area contributed by atoms with Crippen molar-refractivity contribution in [3.05, 3.63) is 76.4 Å². The lowest BCUT2D eigenvalue weighted by Gasteiger charge is -2.51. The van der Waals surface area contributed by atoms with Crippen LogP contribution in [0.15, 0.2) is 54.9 Å². The molecule has 1 N–H and O–H groups in total. The lowest BCUT2D eigenvalue weighted by atomic mass is 9.66. The van der Waals surface area contributed by atoms with Crippen molar-refractivity contribution in [1.82, 2.24) is 14.8 Å². The summed E-state index contributed by atoms with van der Waals surface area (Å²) in [7, 11) is 0. The van der Waals surface area contributed by atoms with E-state index in [4.69, 9.17) is 9.47 Å². The smallest absolute Gasteiger partial charge is 0.425 e. The quantitative estimate of drug-likeness (QED) is 0.133. The molecule has 0 spiro atoms. The predicted molar refractivity (Wildman–Crippen MR) is 199 cm³/mol. The number of amides is 2. The molecule has 1 aromatic carbocycles. The maximum atomic E-state index is 15.0. The average molecular weight is 835 g/mol. The zero-order chi connectivity index (χ0) is 41.9. The maximum absolute atomic E-state index is 15.0. The zero-order valence-corrected chi connectivity index (χ0v) is 32.6. The first-order valence-electron chi connectivity index (χ1n) is 19.3. The van der Waals surface area contributed by atoms with E-state index in [0.29, 0.717) is 49.5 Å². The summed E-state index contributed by atoms with van der Waals surface area (Å²) in [5, 5.41) is 20.1. The van der Waals surface area contributed by atoms with Gasteiger partial charge in [0.2, 0.25) is 5.60 Å². The number of thiophene rings is 1. The first-order chi connectivity index (χ1) is 27.5. The number of benzene rings is 1. The molecule has 2 atom stereocenters. The molecule has 3 aliphatic rings. The van der Waals surface area contributed by atoms with Gasteiger partial charge in [0, 0.05) is 44.0 Å². The van der Waals surface area contributed by atoms with Crippen LogP contribution in [0, 0.1) is 16.7 Å². The number of carboxylic acids is 1. The van der Waals surface area contributed by atoms with E-state index in [9.17, 15) is 46.3 Å². The van der Waals surface area contributed by atoms with Gasteiger partial charge in [-0.3, -0.25) is 19.4 Å². The zero-order valence-electron chi connectivity index (χ0n) is 31.8. The number of alkyl halides is 6. The number of carbonyl (C=O) groups is 3. The number of hydrogen-bond acceptors (Lipinski definition) is 8. The number of nitriles is 1. The summed E-state index contributed by atoms with van der Waals surface area (Å²) in [4.78, 5) is 46.4. The van der Waals surface area contributed by atoms with Crippen molar-refractivity contribution in [3.8, 4) is 16.9 Å². The Kier molecular flexibility index (Phi) is 12.4. The lowest BCUT2D eigenvalue weighted by Crippen LogP contribution is -2.68. The fourth-order valence-corrected chi connectivity index (χ4v) is 9.43. The number of aromatic nitrogens is 1. The van der Waals surface area contributed by atoms with Crippen LogP contribution < -0.4 is 9.47 Å². The minimum atomic E-state index is -4.90. The molecule has 0 unspecified atom stereocenters. The third kappa shape index (κ3) is 8.35. The Balaban J connectivity index is 1.28. The number of para-hydroxylation sites is 1. The largest absolute Gasteiger partial charge is 0.493 e. The van der Waals surface area contributed by atoms with E-state index in [0.717, 1.165) is 35.8 Å². The van der Waals surface area contributed by atoms with Gasteiger partial charge in [0.1, 0.15) is 10.6 Å². The number of halogens is 6. The molecular formula is C41H44F6N4O6S. The van der Waals surface area contributed by atoms with Crippen LogP contribution in [0.25, 0.3) is 0 Å². The third-order valence-corrected chi connectivity index (χ3v) is 12.9. The second-order valence-corrected chi connectivity index (χ2v) is 16.4. The Labute approximate surface area is 335 Å². The number of aliphatic carboxylic acids is 1. The number of hydrogen-bond donors (Lipinski definition) is 1. The first kappa shape index (κ1) is 42.7. The predicted octanol–water partition coefficient (Wildman–Crippen LogP) is 8.90. The number of nitrogens with zero attached hydrogens (tertiary/aromatic N) is 4. The van der Waals surface area contributed by atoms with Gasteiger partial charge in [0.05, 0.1) is 40.7 Å². The van der Waals surface area contributed by atoms with E-state index in [-0.39, 0.29) is 74.7 Å². The summed E-state index contributed by atoms with van der Waals surface area (Å²) < 4.78 is 96.1. The molecule has 1 aliphatic carbocycles. The number of ether oxygens (including phenoxy) is 2. The van der Waals surface area contributed by atoms with Crippen LogP contribution in [0.3, 0.4) is 0 Å². The Morgan fingerprint density at radius 1 is 0.966 bits per heavy atom. The monoisotopic (exact) mass is 834 g/mol. The molecule has 3 fully saturated rings. The lowest BCUT2D eigenvalue weighted by molar-refractivity contribution is -0.160. The highest BCUT2D eigenvalue weighted by atomic mass is 32.1. The molecular weight excluding hydrogens is 791 g/mol. The number of rotatable bonds is 13. The maximum Gasteiger partial charge on any atom is 0.425 e. The number of likely N-dealkylation sites (tertiary alicyclic amines) is 2. The molecule has 0 radical (unpaired) electrons. The highest BCUT2D eigenvalue weighted by molar-refractivity contribution is 7.13. The minimum absolute atomic E-state index is 0.0127. The number of piperidine rings is 2. The molecule has 2 aromatic heterocycles. The standard InChI is InChI=1S/C41H44F6N4O6S/c1-2-8-31-39(57-33-12-11-32(58-33)41(45,46)47,17-6-21-51(31)34(52)27-25-49-20-13-28(27)40(42,43)44)35(53)50-22-18-38(26-48,19-23-50)29-9-3-4-10-30(29)56-24-7-16-37(36(54)55)14-5-15-37/h3-4,9-13,20,25,31H,2,5-8,14-19,21-24H2,1H3,(H,54,55)/t31-,39+/m1/s1. The average Bonchev–Trinajstić information content (AvgIpc) is 3.66. The van der Waals surface area contributed by atoms with Crippen molar-refractivity contribution in [1.29, 1.82) is 5.26 Å². The van der Waals surface area contributed by atoms with Gasteiger partial charge in [-0.25, -0.2) is 0 Å². The highest BCUT2D eigenvalue weighted by Crippen LogP contribution is 2.47. The van der Waals surface area contributed by atoms with Crippen molar-refractivity contribution >= 4 is 29.1 Å². The van der Waals surface area contributed by atoms with E-state index in [1.807, 2.05) is 0 Å². The summed E-state index contributed by atoms with van der Waals surface area (Å²) in [5.41, 5.74) is -5.17. The summed E-state index contributed by atoms with van der Waals surface area (Å²) in [6.07, 6.45) is -4.07. The van der Waals surface area contributed by atoms with Gasteiger partial charge < -0.3 is 24.4 Å². The Morgan fingerprint density at radius 2 is 1.69 bits per heavy atom. The fraction of sp³-hybridized carbons (Fsp3) is 0.537. The van der Waals surface area contributed by atoms with Crippen LogP contribution in [-0.4, -0.2) is 75.6 Å². The van der Waals surface area contributed by atoms with Gasteiger partial charge in [-0.15, -0.1) is 0 Å². The van der Waals surface area contributed by atoms with Crippen LogP contribution in [0.2, 0.25) is 0 Å². The second-order valence-electron chi connectivity index (χ2n) is 15.3. The first-order valence-corrected chi connectivity index (χ1v) is 20.2. The molecule has 0 bridgehead atoms. The van der Waals surface area contributed by atoms with Crippen molar-refractivity contribution < 1.29 is 55.3 Å². The minimum Gasteiger partial charge on any atom is -0.493 e. The molecule has 2 aliphatic heterocycles. The summed E-state index contributed by atoms with van der Waals surface area (Å²) in [6, 6.07) is 10.9. The molecule has 10 nitrogen and oxygen atoms in total. The summed E-state index contributed by atoms with van der Waals surface area (Å²) in [6.45, 7) is 1.97. The van der Waals surface area contributed by atoms with E-state index in [1.165, 1.54) is 4.90 Å². The number of pyridine rings is 1. The van der Waals surface area contributed by atoms with Crippen molar-refractivity contribution in [2.75, 3.05) is 26.2 Å². The van der Waals surface area contributed by atoms with Crippen molar-refractivity contribution in [2.45, 2.75) is 107 Å². The number of carboxylic acid groups (broad SMARTS) is 1. The Bertz CT molecular complexity index is 2020. The van der Waals surface area contributed by atoms with Crippen molar-refractivity contribution in [3.63, 3.8) is 0 Å². The van der Waals surface area contributed by atoms with Gasteiger partial charge in [0.25, 0.3) is 11.8 Å². The van der Waals surface area contributed by atoms with Crippen molar-refractivity contribution in [2.24, 2.45) is 5.41 Å². The molecule has 3 aromatic rings. The third-order valence-electron chi connectivity index (χ3n) is 11.9. The molecule has 312 valence electrons. The molecule has 6 rings (SSSR count). The Hall–Kier alpha value is -4.85. The SMILES string of the molecule is CCC[C@H]1N(C(=O)c2cnccc2C(F)(F)F)CCC[C@@]1(Oc1ccc(C(F)(F)F)s1)C(=O)N1CCC(C#N)(c2ccccc2OCCCC2(C(=O)O)CCC2)CC1. The normalized spacial score (nSPS) is 21.7. The van der Waals surface area contributed by atoms with Crippen LogP contribution in [-0.2, 0) is 27.4 Å². The van der Waals surface area contributed by atoms with Gasteiger partial charge in [0.15, 0.2) is 5.06 Å². The fourth-order valence-electron chi connectivity index (χ4n) is 8.63. The van der Waals surface area contributed by atoms with E-state index in [2.05, 4.69) is 11.1 Å². The number of carbonyl (C=O) groups excluding carboxylic acids is 2. The molecule has 4 heterocycles. The molecule has 2 amide bonds. The van der Waals surface area contributed by atoms with Crippen LogP contribution >= 0.6 is 11.3 Å². The summed E-state index contributed by atoms with van der Waals surface area (Å²) >= 11 is 0.279. The summed E-state index contributed by atoms with van der Waals surface area (Å²) in [5.74, 6) is -2.04. The molecule has 1 saturated carbocycles.